The van der Waals surface area contributed by atoms with Crippen molar-refractivity contribution in [3.63, 3.8) is 0 Å². The zero-order valence-corrected chi connectivity index (χ0v) is 16.9. The van der Waals surface area contributed by atoms with Gasteiger partial charge in [0.05, 0.1) is 11.6 Å². The van der Waals surface area contributed by atoms with Crippen LogP contribution >= 0.6 is 0 Å². The molecule has 28 heavy (non-hydrogen) atoms. The molecule has 1 saturated carbocycles. The van der Waals surface area contributed by atoms with E-state index in [-0.39, 0.29) is 29.2 Å². The van der Waals surface area contributed by atoms with Crippen LogP contribution in [0.3, 0.4) is 0 Å². The van der Waals surface area contributed by atoms with Gasteiger partial charge in [-0.1, -0.05) is 38.1 Å². The average molecular weight is 377 g/mol. The standard InChI is InChI=1S/C24H27NO3/c1-14-21-19(26)12-24(2,3)13-20(21)28-22(14)23(27)25(16-9-10-16)18-11-8-15-6-4-5-7-17(15)18/h4-7,16,18H,8-13H2,1-3H3. The summed E-state index contributed by atoms with van der Waals surface area (Å²) >= 11 is 0. The lowest BCUT2D eigenvalue weighted by Gasteiger charge is -2.29. The molecule has 4 heteroatoms. The molecule has 3 aliphatic rings. The third-order valence-corrected chi connectivity index (χ3v) is 6.58. The van der Waals surface area contributed by atoms with Gasteiger partial charge in [0.25, 0.3) is 5.91 Å². The summed E-state index contributed by atoms with van der Waals surface area (Å²) in [5.41, 5.74) is 3.89. The number of ketones is 1. The summed E-state index contributed by atoms with van der Waals surface area (Å²) in [5.74, 6) is 1.15. The molecule has 0 radical (unpaired) electrons. The first kappa shape index (κ1) is 17.7. The minimum atomic E-state index is -0.116. The van der Waals surface area contributed by atoms with Crippen LogP contribution in [0.1, 0.15) is 88.9 Å². The number of amides is 1. The Balaban J connectivity index is 1.53. The number of carbonyl (C=O) groups is 2. The predicted molar refractivity (Wildman–Crippen MR) is 107 cm³/mol. The van der Waals surface area contributed by atoms with Crippen LogP contribution in [0, 0.1) is 12.3 Å². The molecule has 0 N–H and O–H groups in total. The number of hydrogen-bond donors (Lipinski definition) is 0. The number of Topliss-reactive ketones (excluding diaryl/α,β-unsaturated/α-hetero) is 1. The highest BCUT2D eigenvalue weighted by molar-refractivity contribution is 6.04. The zero-order valence-electron chi connectivity index (χ0n) is 16.9. The Morgan fingerprint density at radius 1 is 1.14 bits per heavy atom. The number of carbonyl (C=O) groups excluding carboxylic acids is 2. The first-order valence-electron chi connectivity index (χ1n) is 10.4. The van der Waals surface area contributed by atoms with Crippen molar-refractivity contribution in [2.24, 2.45) is 5.41 Å². The van der Waals surface area contributed by atoms with Crippen molar-refractivity contribution in [3.8, 4) is 0 Å². The molecule has 1 atom stereocenters. The molecule has 1 aromatic heterocycles. The topological polar surface area (TPSA) is 50.5 Å². The predicted octanol–water partition coefficient (Wildman–Crippen LogP) is 5.04. The van der Waals surface area contributed by atoms with Gasteiger partial charge < -0.3 is 9.32 Å². The van der Waals surface area contributed by atoms with E-state index in [0.29, 0.717) is 29.9 Å². The van der Waals surface area contributed by atoms with Crippen LogP contribution in [0.4, 0.5) is 0 Å². The van der Waals surface area contributed by atoms with Crippen molar-refractivity contribution in [1.82, 2.24) is 4.90 Å². The molecule has 4 nitrogen and oxygen atoms in total. The Labute approximate surface area is 165 Å². The number of aryl methyl sites for hydroxylation is 1. The maximum Gasteiger partial charge on any atom is 0.290 e. The van der Waals surface area contributed by atoms with Crippen molar-refractivity contribution >= 4 is 11.7 Å². The molecule has 0 bridgehead atoms. The minimum Gasteiger partial charge on any atom is -0.455 e. The summed E-state index contributed by atoms with van der Waals surface area (Å²) in [6, 6.07) is 8.86. The lowest BCUT2D eigenvalue weighted by Crippen LogP contribution is -2.36. The van der Waals surface area contributed by atoms with Gasteiger partial charge in [-0.15, -0.1) is 0 Å². The first-order chi connectivity index (χ1) is 13.4. The molecule has 1 unspecified atom stereocenters. The van der Waals surface area contributed by atoms with E-state index in [2.05, 4.69) is 43.0 Å². The quantitative estimate of drug-likeness (QED) is 0.753. The molecule has 146 valence electrons. The number of nitrogens with zero attached hydrogens (tertiary/aromatic N) is 1. The number of fused-ring (bicyclic) bond motifs is 2. The monoisotopic (exact) mass is 377 g/mol. The summed E-state index contributed by atoms with van der Waals surface area (Å²) in [4.78, 5) is 28.4. The third kappa shape index (κ3) is 2.73. The second-order valence-electron chi connectivity index (χ2n) is 9.49. The van der Waals surface area contributed by atoms with Crippen LogP contribution in [0.5, 0.6) is 0 Å². The van der Waals surface area contributed by atoms with Gasteiger partial charge in [-0.25, -0.2) is 0 Å². The van der Waals surface area contributed by atoms with Gasteiger partial charge in [-0.05, 0) is 49.1 Å². The number of furan rings is 1. The third-order valence-electron chi connectivity index (χ3n) is 6.58. The van der Waals surface area contributed by atoms with Crippen molar-refractivity contribution in [3.05, 3.63) is 58.0 Å². The average Bonchev–Trinajstić information content (AvgIpc) is 3.29. The summed E-state index contributed by atoms with van der Waals surface area (Å²) in [7, 11) is 0. The Morgan fingerprint density at radius 2 is 1.89 bits per heavy atom. The van der Waals surface area contributed by atoms with Gasteiger partial charge in [0.15, 0.2) is 11.5 Å². The number of benzene rings is 1. The summed E-state index contributed by atoms with van der Waals surface area (Å²) in [5, 5.41) is 0. The highest BCUT2D eigenvalue weighted by atomic mass is 16.4. The molecule has 3 aliphatic carbocycles. The molecule has 5 rings (SSSR count). The Kier molecular flexibility index (Phi) is 3.84. The van der Waals surface area contributed by atoms with Crippen molar-refractivity contribution in [2.75, 3.05) is 0 Å². The molecule has 0 aliphatic heterocycles. The van der Waals surface area contributed by atoms with Gasteiger partial charge in [0.2, 0.25) is 0 Å². The molecule has 2 aromatic rings. The fourth-order valence-electron chi connectivity index (χ4n) is 5.14. The van der Waals surface area contributed by atoms with E-state index in [4.69, 9.17) is 4.42 Å². The van der Waals surface area contributed by atoms with Crippen LogP contribution in [-0.2, 0) is 12.8 Å². The Hall–Kier alpha value is -2.36. The smallest absolute Gasteiger partial charge is 0.290 e. The minimum absolute atomic E-state index is 0.0401. The molecule has 1 aromatic carbocycles. The fourth-order valence-corrected chi connectivity index (χ4v) is 5.14. The van der Waals surface area contributed by atoms with E-state index in [1.54, 1.807) is 0 Å². The van der Waals surface area contributed by atoms with Crippen LogP contribution in [0.25, 0.3) is 0 Å². The van der Waals surface area contributed by atoms with E-state index >= 15 is 0 Å². The van der Waals surface area contributed by atoms with Gasteiger partial charge in [-0.3, -0.25) is 9.59 Å². The van der Waals surface area contributed by atoms with Crippen molar-refractivity contribution < 1.29 is 14.0 Å². The Morgan fingerprint density at radius 3 is 2.64 bits per heavy atom. The maximum atomic E-state index is 13.7. The molecule has 1 heterocycles. The lowest BCUT2D eigenvalue weighted by molar-refractivity contribution is 0.0619. The van der Waals surface area contributed by atoms with Gasteiger partial charge in [-0.2, -0.15) is 0 Å². The van der Waals surface area contributed by atoms with Crippen molar-refractivity contribution in [1.29, 1.82) is 0 Å². The number of hydrogen-bond acceptors (Lipinski definition) is 3. The van der Waals surface area contributed by atoms with E-state index in [1.165, 1.54) is 11.1 Å². The Bertz CT molecular complexity index is 980. The van der Waals surface area contributed by atoms with E-state index in [1.807, 2.05) is 6.92 Å². The van der Waals surface area contributed by atoms with E-state index in [0.717, 1.165) is 31.2 Å². The molecule has 1 amide bonds. The van der Waals surface area contributed by atoms with E-state index < -0.39 is 0 Å². The second kappa shape index (κ2) is 6.07. The van der Waals surface area contributed by atoms with Crippen LogP contribution in [0.15, 0.2) is 28.7 Å². The molecule has 0 spiro atoms. The first-order valence-corrected chi connectivity index (χ1v) is 10.4. The van der Waals surface area contributed by atoms with Crippen LogP contribution in [0.2, 0.25) is 0 Å². The summed E-state index contributed by atoms with van der Waals surface area (Å²) in [6.45, 7) is 6.04. The SMILES string of the molecule is Cc1c(C(=O)N(C2CC2)C2CCc3ccccc32)oc2c1C(=O)CC(C)(C)C2. The van der Waals surface area contributed by atoms with Gasteiger partial charge >= 0.3 is 0 Å². The summed E-state index contributed by atoms with van der Waals surface area (Å²) < 4.78 is 6.10. The largest absolute Gasteiger partial charge is 0.455 e. The van der Waals surface area contributed by atoms with Gasteiger partial charge in [0, 0.05) is 24.4 Å². The fraction of sp³-hybridized carbons (Fsp3) is 0.500. The highest BCUT2D eigenvalue weighted by Gasteiger charge is 2.44. The zero-order chi connectivity index (χ0) is 19.6. The number of rotatable bonds is 3. The van der Waals surface area contributed by atoms with Crippen molar-refractivity contribution in [2.45, 2.75) is 71.4 Å². The normalized spacial score (nSPS) is 22.7. The maximum absolute atomic E-state index is 13.7. The lowest BCUT2D eigenvalue weighted by atomic mass is 9.76. The van der Waals surface area contributed by atoms with Crippen LogP contribution < -0.4 is 0 Å². The molecular weight excluding hydrogens is 350 g/mol. The molecular formula is C24H27NO3. The van der Waals surface area contributed by atoms with Crippen LogP contribution in [-0.4, -0.2) is 22.6 Å². The van der Waals surface area contributed by atoms with Gasteiger partial charge in [0.1, 0.15) is 5.76 Å². The summed E-state index contributed by atoms with van der Waals surface area (Å²) in [6.07, 6.45) is 5.30. The van der Waals surface area contributed by atoms with E-state index in [9.17, 15) is 9.59 Å². The highest BCUT2D eigenvalue weighted by Crippen LogP contribution is 2.44. The second-order valence-corrected chi connectivity index (χ2v) is 9.49. The molecule has 1 fully saturated rings. The molecule has 0 saturated heterocycles.